The lowest BCUT2D eigenvalue weighted by Gasteiger charge is -2.28. The molecule has 0 spiro atoms. The number of nitrogens with zero attached hydrogens (tertiary/aromatic N) is 3. The highest BCUT2D eigenvalue weighted by molar-refractivity contribution is 5.81. The van der Waals surface area contributed by atoms with Crippen molar-refractivity contribution in [2.24, 2.45) is 14.1 Å². The summed E-state index contributed by atoms with van der Waals surface area (Å²) in [5.41, 5.74) is 5.18. The van der Waals surface area contributed by atoms with Crippen molar-refractivity contribution >= 4 is 28.1 Å². The van der Waals surface area contributed by atoms with E-state index in [4.69, 9.17) is 0 Å². The van der Waals surface area contributed by atoms with Crippen LogP contribution in [0.1, 0.15) is 26.7 Å². The molecule has 2 atom stereocenters. The van der Waals surface area contributed by atoms with Crippen LogP contribution >= 0.6 is 0 Å². The Morgan fingerprint density at radius 3 is 2.08 bits per heavy atom. The predicted molar refractivity (Wildman–Crippen MR) is 109 cm³/mol. The van der Waals surface area contributed by atoms with E-state index in [1.54, 1.807) is 16.2 Å². The van der Waals surface area contributed by atoms with Crippen molar-refractivity contribution in [3.8, 4) is 0 Å². The Kier molecular flexibility index (Phi) is 4.02. The first-order valence-electron chi connectivity index (χ1n) is 9.26. The molecule has 2 aromatic carbocycles. The summed E-state index contributed by atoms with van der Waals surface area (Å²) < 4.78 is 3.35. The minimum Gasteiger partial charge on any atom is -0.366 e. The van der Waals surface area contributed by atoms with E-state index in [0.717, 1.165) is 22.4 Å². The number of benzene rings is 2. The molecule has 3 aromatic rings. The molecule has 5 heteroatoms. The van der Waals surface area contributed by atoms with Crippen LogP contribution in [0.15, 0.2) is 47.3 Å². The smallest absolute Gasteiger partial charge is 0.328 e. The first kappa shape index (κ1) is 16.8. The molecule has 0 radical (unpaired) electrons. The van der Waals surface area contributed by atoms with E-state index < -0.39 is 0 Å². The normalized spacial score (nSPS) is 20.1. The maximum absolute atomic E-state index is 12.1. The van der Waals surface area contributed by atoms with Crippen LogP contribution in [0, 0.1) is 0 Å². The number of imidazole rings is 1. The van der Waals surface area contributed by atoms with Crippen LogP contribution in [0.2, 0.25) is 0 Å². The lowest BCUT2D eigenvalue weighted by atomic mass is 10.2. The molecule has 1 saturated heterocycles. The van der Waals surface area contributed by atoms with Crippen molar-refractivity contribution in [3.05, 3.63) is 52.9 Å². The Morgan fingerprint density at radius 2 is 1.42 bits per heavy atom. The van der Waals surface area contributed by atoms with E-state index in [1.807, 2.05) is 25.2 Å². The summed E-state index contributed by atoms with van der Waals surface area (Å²) in [6.45, 7) is 4.60. The summed E-state index contributed by atoms with van der Waals surface area (Å²) in [6, 6.07) is 15.9. The van der Waals surface area contributed by atoms with Gasteiger partial charge in [0.05, 0.1) is 11.0 Å². The third-order valence-corrected chi connectivity index (χ3v) is 5.68. The first-order chi connectivity index (χ1) is 12.5. The van der Waals surface area contributed by atoms with Gasteiger partial charge in [-0.2, -0.15) is 0 Å². The second-order valence-corrected chi connectivity index (χ2v) is 7.46. The Labute approximate surface area is 153 Å². The van der Waals surface area contributed by atoms with Gasteiger partial charge in [0.25, 0.3) is 0 Å². The molecule has 1 aliphatic heterocycles. The molecule has 1 N–H and O–H groups in total. The molecule has 1 aromatic heterocycles. The fourth-order valence-corrected chi connectivity index (χ4v) is 4.17. The van der Waals surface area contributed by atoms with Crippen LogP contribution in [-0.2, 0) is 14.1 Å². The Hall–Kier alpha value is -2.69. The van der Waals surface area contributed by atoms with Crippen LogP contribution in [0.5, 0.6) is 0 Å². The molecular weight excluding hydrogens is 324 g/mol. The maximum atomic E-state index is 12.1. The van der Waals surface area contributed by atoms with Crippen LogP contribution in [0.25, 0.3) is 11.0 Å². The van der Waals surface area contributed by atoms with E-state index in [-0.39, 0.29) is 5.69 Å². The summed E-state index contributed by atoms with van der Waals surface area (Å²) in [5.74, 6) is 0. The van der Waals surface area contributed by atoms with Crippen LogP contribution in [-0.4, -0.2) is 21.2 Å². The third kappa shape index (κ3) is 2.68. The van der Waals surface area contributed by atoms with Gasteiger partial charge >= 0.3 is 5.69 Å². The quantitative estimate of drug-likeness (QED) is 0.776. The number of hydrogen-bond acceptors (Lipinski definition) is 3. The zero-order valence-corrected chi connectivity index (χ0v) is 15.9. The van der Waals surface area contributed by atoms with Gasteiger partial charge in [-0.1, -0.05) is 0 Å². The lowest BCUT2D eigenvalue weighted by molar-refractivity contribution is 0.694. The number of nitrogens with one attached hydrogen (secondary N) is 1. The molecule has 0 aliphatic carbocycles. The molecule has 136 valence electrons. The van der Waals surface area contributed by atoms with Gasteiger partial charge in [-0.15, -0.1) is 0 Å². The number of anilines is 3. The van der Waals surface area contributed by atoms with Crippen LogP contribution in [0.4, 0.5) is 17.1 Å². The van der Waals surface area contributed by atoms with E-state index >= 15 is 0 Å². The Balaban J connectivity index is 1.59. The van der Waals surface area contributed by atoms with Crippen molar-refractivity contribution in [2.75, 3.05) is 10.2 Å². The molecule has 2 unspecified atom stereocenters. The molecule has 0 amide bonds. The van der Waals surface area contributed by atoms with Crippen LogP contribution < -0.4 is 15.9 Å². The lowest BCUT2D eigenvalue weighted by Crippen LogP contribution is -2.32. The summed E-state index contributed by atoms with van der Waals surface area (Å²) in [7, 11) is 3.61. The SMILES string of the molecule is CC1CCC(C)N1c1ccc(Nc2ccc3c(c2)n(C)c(=O)n3C)cc1. The van der Waals surface area contributed by atoms with Crippen molar-refractivity contribution in [1.29, 1.82) is 0 Å². The number of aromatic nitrogens is 2. The topological polar surface area (TPSA) is 42.2 Å². The molecular formula is C21H26N4O. The van der Waals surface area contributed by atoms with Gasteiger partial charge in [-0.05, 0) is 69.2 Å². The molecule has 26 heavy (non-hydrogen) atoms. The monoisotopic (exact) mass is 350 g/mol. The summed E-state index contributed by atoms with van der Waals surface area (Å²) >= 11 is 0. The molecule has 0 saturated carbocycles. The zero-order chi connectivity index (χ0) is 18.4. The highest BCUT2D eigenvalue weighted by Crippen LogP contribution is 2.31. The number of rotatable bonds is 3. The number of aryl methyl sites for hydroxylation is 2. The van der Waals surface area contributed by atoms with Gasteiger partial charge in [0, 0.05) is 43.2 Å². The highest BCUT2D eigenvalue weighted by Gasteiger charge is 2.27. The number of hydrogen-bond donors (Lipinski definition) is 1. The van der Waals surface area contributed by atoms with Gasteiger partial charge in [0.2, 0.25) is 0 Å². The molecule has 1 aliphatic rings. The second-order valence-electron chi connectivity index (χ2n) is 7.46. The van der Waals surface area contributed by atoms with Gasteiger partial charge < -0.3 is 10.2 Å². The van der Waals surface area contributed by atoms with E-state index in [2.05, 4.69) is 48.3 Å². The number of fused-ring (bicyclic) bond motifs is 1. The molecule has 5 nitrogen and oxygen atoms in total. The average molecular weight is 350 g/mol. The Morgan fingerprint density at radius 1 is 0.846 bits per heavy atom. The van der Waals surface area contributed by atoms with Gasteiger partial charge in [-0.25, -0.2) is 4.79 Å². The zero-order valence-electron chi connectivity index (χ0n) is 15.9. The van der Waals surface area contributed by atoms with E-state index in [1.165, 1.54) is 18.5 Å². The Bertz CT molecular complexity index is 989. The first-order valence-corrected chi connectivity index (χ1v) is 9.26. The minimum absolute atomic E-state index is 0.00430. The van der Waals surface area contributed by atoms with Gasteiger partial charge in [-0.3, -0.25) is 9.13 Å². The fraction of sp³-hybridized carbons (Fsp3) is 0.381. The van der Waals surface area contributed by atoms with E-state index in [9.17, 15) is 4.79 Å². The molecule has 4 rings (SSSR count). The standard InChI is InChI=1S/C21H26N4O/c1-14-5-6-15(2)25(14)18-10-7-16(8-11-18)22-17-9-12-19-20(13-17)24(4)21(26)23(19)3/h7-15,22H,5-6H2,1-4H3. The highest BCUT2D eigenvalue weighted by atomic mass is 16.1. The van der Waals surface area contributed by atoms with Gasteiger partial charge in [0.15, 0.2) is 0 Å². The fourth-order valence-electron chi connectivity index (χ4n) is 4.17. The largest absolute Gasteiger partial charge is 0.366 e. The maximum Gasteiger partial charge on any atom is 0.328 e. The predicted octanol–water partition coefficient (Wildman–Crippen LogP) is 4.00. The summed E-state index contributed by atoms with van der Waals surface area (Å²) in [6.07, 6.45) is 2.52. The van der Waals surface area contributed by atoms with E-state index in [0.29, 0.717) is 12.1 Å². The van der Waals surface area contributed by atoms with Gasteiger partial charge in [0.1, 0.15) is 0 Å². The van der Waals surface area contributed by atoms with Crippen molar-refractivity contribution in [2.45, 2.75) is 38.8 Å². The average Bonchev–Trinajstić information content (AvgIpc) is 3.08. The van der Waals surface area contributed by atoms with Crippen LogP contribution in [0.3, 0.4) is 0 Å². The minimum atomic E-state index is -0.00430. The van der Waals surface area contributed by atoms with Crippen molar-refractivity contribution in [3.63, 3.8) is 0 Å². The molecule has 2 heterocycles. The summed E-state index contributed by atoms with van der Waals surface area (Å²) in [5, 5.41) is 3.45. The molecule has 0 bridgehead atoms. The molecule has 1 fully saturated rings. The van der Waals surface area contributed by atoms with Crippen molar-refractivity contribution < 1.29 is 0 Å². The third-order valence-electron chi connectivity index (χ3n) is 5.68. The van der Waals surface area contributed by atoms with Crippen molar-refractivity contribution in [1.82, 2.24) is 9.13 Å². The summed E-state index contributed by atoms with van der Waals surface area (Å²) in [4.78, 5) is 14.6. The second kappa shape index (κ2) is 6.24.